The van der Waals surface area contributed by atoms with Gasteiger partial charge in [-0.05, 0) is 133 Å². The van der Waals surface area contributed by atoms with Gasteiger partial charge in [0.25, 0.3) is 0 Å². The Morgan fingerprint density at radius 3 is 1.48 bits per heavy atom. The number of hydrogen-bond acceptors (Lipinski definition) is 1. The van der Waals surface area contributed by atoms with Gasteiger partial charge in [0, 0.05) is 33.4 Å². The summed E-state index contributed by atoms with van der Waals surface area (Å²) in [5.41, 5.74) is 23.1. The minimum absolute atomic E-state index is 0.513. The zero-order chi connectivity index (χ0) is 49.7. The van der Waals surface area contributed by atoms with Crippen molar-refractivity contribution < 1.29 is 0 Å². The summed E-state index contributed by atoms with van der Waals surface area (Å²) in [5, 5.41) is 2.47. The second-order valence-electron chi connectivity index (χ2n) is 19.5. The summed E-state index contributed by atoms with van der Waals surface area (Å²) in [6.45, 7) is 0. The molecular weight excluding hydrogens is 905 g/mol. The fraction of sp³-hybridized carbons (Fsp3) is 0.0137. The average Bonchev–Trinajstić information content (AvgIpc) is 4.04. The number of para-hydroxylation sites is 2. The van der Waals surface area contributed by atoms with Crippen LogP contribution in [-0.2, 0) is 5.41 Å². The van der Waals surface area contributed by atoms with Gasteiger partial charge in [-0.1, -0.05) is 243 Å². The Hall–Kier alpha value is -9.76. The molecule has 75 heavy (non-hydrogen) atoms. The average molecular weight is 955 g/mol. The standard InChI is InChI=1S/C73H50N2/c1-6-23-52(24-7-1)60-33-16-17-36-64(60)72-61(53-25-8-2-9-26-53)37-22-40-71(72)74(58-44-41-51(42-45-58)54-43-48-70-66(49-54)63-35-19-21-39-69(63)75(70)57-31-14-5-15-32-57)59-46-47-68-65(50-59)62-34-18-20-38-67(62)73(68,55-27-10-3-11-28-55)56-29-12-4-13-30-56/h1-50H. The highest BCUT2D eigenvalue weighted by atomic mass is 15.1. The third kappa shape index (κ3) is 7.25. The van der Waals surface area contributed by atoms with Gasteiger partial charge in [-0.2, -0.15) is 0 Å². The first-order valence-corrected chi connectivity index (χ1v) is 25.9. The molecule has 12 aromatic carbocycles. The molecule has 2 nitrogen and oxygen atoms in total. The highest BCUT2D eigenvalue weighted by Gasteiger charge is 2.46. The van der Waals surface area contributed by atoms with Crippen molar-refractivity contribution in [2.24, 2.45) is 0 Å². The minimum Gasteiger partial charge on any atom is -0.310 e. The zero-order valence-corrected chi connectivity index (χ0v) is 41.3. The van der Waals surface area contributed by atoms with Gasteiger partial charge in [0.2, 0.25) is 0 Å². The Morgan fingerprint density at radius 2 is 0.787 bits per heavy atom. The van der Waals surface area contributed by atoms with E-state index < -0.39 is 5.41 Å². The number of benzene rings is 12. The summed E-state index contributed by atoms with van der Waals surface area (Å²) >= 11 is 0. The molecule has 0 bridgehead atoms. The Balaban J connectivity index is 1.000. The molecule has 1 aliphatic rings. The molecule has 0 saturated carbocycles. The van der Waals surface area contributed by atoms with Crippen molar-refractivity contribution in [2.75, 3.05) is 4.90 Å². The van der Waals surface area contributed by atoms with Gasteiger partial charge in [-0.15, -0.1) is 0 Å². The second kappa shape index (κ2) is 18.4. The van der Waals surface area contributed by atoms with E-state index in [-0.39, 0.29) is 0 Å². The molecule has 0 fully saturated rings. The summed E-state index contributed by atoms with van der Waals surface area (Å²) in [4.78, 5) is 2.50. The molecular formula is C73H50N2. The van der Waals surface area contributed by atoms with Gasteiger partial charge < -0.3 is 9.47 Å². The van der Waals surface area contributed by atoms with E-state index in [9.17, 15) is 0 Å². The lowest BCUT2D eigenvalue weighted by Crippen LogP contribution is -2.28. The Labute approximate surface area is 438 Å². The van der Waals surface area contributed by atoms with Crippen molar-refractivity contribution in [3.05, 3.63) is 326 Å². The highest BCUT2D eigenvalue weighted by molar-refractivity contribution is 6.10. The molecule has 0 unspecified atom stereocenters. The molecule has 0 amide bonds. The van der Waals surface area contributed by atoms with Crippen molar-refractivity contribution in [1.29, 1.82) is 0 Å². The molecule has 1 heterocycles. The lowest BCUT2D eigenvalue weighted by molar-refractivity contribution is 0.768. The number of hydrogen-bond donors (Lipinski definition) is 0. The van der Waals surface area contributed by atoms with Crippen LogP contribution in [0, 0.1) is 0 Å². The lowest BCUT2D eigenvalue weighted by Gasteiger charge is -2.34. The SMILES string of the molecule is c1ccc(-c2ccccc2-c2c(-c3ccccc3)cccc2N(c2ccc(-c3ccc4c(c3)c3ccccc3n4-c3ccccc3)cc2)c2ccc3c(c2)-c2ccccc2C3(c2ccccc2)c2ccccc2)cc1. The Morgan fingerprint density at radius 1 is 0.280 bits per heavy atom. The van der Waals surface area contributed by atoms with Crippen molar-refractivity contribution in [3.63, 3.8) is 0 Å². The first kappa shape index (κ1) is 44.0. The lowest BCUT2D eigenvalue weighted by atomic mass is 9.68. The van der Waals surface area contributed by atoms with Crippen LogP contribution in [0.1, 0.15) is 22.3 Å². The van der Waals surface area contributed by atoms with E-state index in [0.717, 1.165) is 39.4 Å². The minimum atomic E-state index is -0.513. The maximum atomic E-state index is 2.50. The third-order valence-corrected chi connectivity index (χ3v) is 15.5. The highest BCUT2D eigenvalue weighted by Crippen LogP contribution is 2.58. The van der Waals surface area contributed by atoms with Crippen LogP contribution in [-0.4, -0.2) is 4.57 Å². The van der Waals surface area contributed by atoms with Crippen molar-refractivity contribution in [2.45, 2.75) is 5.41 Å². The molecule has 1 aliphatic carbocycles. The van der Waals surface area contributed by atoms with Crippen LogP contribution >= 0.6 is 0 Å². The van der Waals surface area contributed by atoms with Crippen LogP contribution in [0.5, 0.6) is 0 Å². The fourth-order valence-electron chi connectivity index (χ4n) is 12.3. The van der Waals surface area contributed by atoms with E-state index in [1.165, 1.54) is 83.0 Å². The van der Waals surface area contributed by atoms with Gasteiger partial charge in [-0.3, -0.25) is 0 Å². The number of nitrogens with zero attached hydrogens (tertiary/aromatic N) is 2. The maximum Gasteiger partial charge on any atom is 0.0713 e. The van der Waals surface area contributed by atoms with Crippen LogP contribution in [0.2, 0.25) is 0 Å². The van der Waals surface area contributed by atoms with E-state index >= 15 is 0 Å². The fourth-order valence-corrected chi connectivity index (χ4v) is 12.3. The van der Waals surface area contributed by atoms with E-state index in [0.29, 0.717) is 0 Å². The largest absolute Gasteiger partial charge is 0.310 e. The van der Waals surface area contributed by atoms with Crippen LogP contribution in [0.3, 0.4) is 0 Å². The molecule has 0 atom stereocenters. The topological polar surface area (TPSA) is 8.17 Å². The molecule has 2 heteroatoms. The molecule has 0 aliphatic heterocycles. The number of rotatable bonds is 10. The Bertz CT molecular complexity index is 4160. The number of anilines is 3. The Kier molecular flexibility index (Phi) is 10.8. The molecule has 14 rings (SSSR count). The van der Waals surface area contributed by atoms with Gasteiger partial charge in [-0.25, -0.2) is 0 Å². The predicted octanol–water partition coefficient (Wildman–Crippen LogP) is 19.3. The molecule has 0 saturated heterocycles. The molecule has 352 valence electrons. The van der Waals surface area contributed by atoms with Gasteiger partial charge in [0.1, 0.15) is 0 Å². The van der Waals surface area contributed by atoms with E-state index in [1.54, 1.807) is 0 Å². The molecule has 0 spiro atoms. The normalized spacial score (nSPS) is 12.4. The molecule has 0 N–H and O–H groups in total. The quantitative estimate of drug-likeness (QED) is 0.133. The first-order chi connectivity index (χ1) is 37.2. The van der Waals surface area contributed by atoms with Crippen LogP contribution in [0.15, 0.2) is 303 Å². The van der Waals surface area contributed by atoms with Crippen LogP contribution in [0.4, 0.5) is 17.1 Å². The zero-order valence-electron chi connectivity index (χ0n) is 41.3. The number of fused-ring (bicyclic) bond motifs is 6. The number of aromatic nitrogens is 1. The van der Waals surface area contributed by atoms with Gasteiger partial charge in [0.05, 0.1) is 22.1 Å². The summed E-state index contributed by atoms with van der Waals surface area (Å²) < 4.78 is 2.38. The summed E-state index contributed by atoms with van der Waals surface area (Å²) in [6.07, 6.45) is 0. The predicted molar refractivity (Wildman–Crippen MR) is 315 cm³/mol. The first-order valence-electron chi connectivity index (χ1n) is 25.9. The summed E-state index contributed by atoms with van der Waals surface area (Å²) in [7, 11) is 0. The molecule has 13 aromatic rings. The van der Waals surface area contributed by atoms with Crippen molar-refractivity contribution >= 4 is 38.9 Å². The van der Waals surface area contributed by atoms with Crippen molar-refractivity contribution in [3.8, 4) is 61.3 Å². The van der Waals surface area contributed by atoms with E-state index in [1.807, 2.05) is 0 Å². The molecule has 0 radical (unpaired) electrons. The second-order valence-corrected chi connectivity index (χ2v) is 19.5. The smallest absolute Gasteiger partial charge is 0.0713 e. The van der Waals surface area contributed by atoms with E-state index in [4.69, 9.17) is 0 Å². The summed E-state index contributed by atoms with van der Waals surface area (Å²) in [5.74, 6) is 0. The van der Waals surface area contributed by atoms with Gasteiger partial charge >= 0.3 is 0 Å². The maximum absolute atomic E-state index is 2.50. The van der Waals surface area contributed by atoms with Crippen LogP contribution in [0.25, 0.3) is 83.1 Å². The van der Waals surface area contributed by atoms with E-state index in [2.05, 4.69) is 313 Å². The summed E-state index contributed by atoms with van der Waals surface area (Å²) in [6, 6.07) is 111. The van der Waals surface area contributed by atoms with Gasteiger partial charge in [0.15, 0.2) is 0 Å². The third-order valence-electron chi connectivity index (χ3n) is 15.5. The van der Waals surface area contributed by atoms with Crippen molar-refractivity contribution in [1.82, 2.24) is 4.57 Å². The van der Waals surface area contributed by atoms with Crippen LogP contribution < -0.4 is 4.90 Å². The monoisotopic (exact) mass is 954 g/mol. The molecule has 1 aromatic heterocycles.